The first-order valence-corrected chi connectivity index (χ1v) is 8.48. The van der Waals surface area contributed by atoms with E-state index in [2.05, 4.69) is 17.3 Å². The lowest BCUT2D eigenvalue weighted by Crippen LogP contribution is -2.54. The molecule has 2 atom stereocenters. The summed E-state index contributed by atoms with van der Waals surface area (Å²) in [6.45, 7) is 3.11. The van der Waals surface area contributed by atoms with Crippen LogP contribution in [0.3, 0.4) is 0 Å². The highest BCUT2D eigenvalue weighted by atomic mass is 32.2. The lowest BCUT2D eigenvalue weighted by Gasteiger charge is -2.45. The van der Waals surface area contributed by atoms with E-state index in [1.165, 1.54) is 12.8 Å². The molecule has 0 aromatic carbocycles. The van der Waals surface area contributed by atoms with Crippen LogP contribution in [0.25, 0.3) is 0 Å². The molecule has 5 nitrogen and oxygen atoms in total. The molecule has 2 saturated heterocycles. The van der Waals surface area contributed by atoms with Crippen LogP contribution in [0.15, 0.2) is 0 Å². The summed E-state index contributed by atoms with van der Waals surface area (Å²) in [4.78, 5) is 2.41. The molecule has 0 aliphatic carbocycles. The van der Waals surface area contributed by atoms with Crippen LogP contribution in [0.4, 0.5) is 0 Å². The predicted octanol–water partition coefficient (Wildman–Crippen LogP) is -0.0483. The van der Waals surface area contributed by atoms with E-state index in [-0.39, 0.29) is 5.75 Å². The Morgan fingerprint density at radius 1 is 1.28 bits per heavy atom. The average Bonchev–Trinajstić information content (AvgIpc) is 2.36. The number of piperidine rings is 2. The quantitative estimate of drug-likeness (QED) is 0.782. The average molecular weight is 275 g/mol. The number of sulfonamides is 1. The third kappa shape index (κ3) is 3.04. The largest absolute Gasteiger partial charge is 0.319 e. The highest BCUT2D eigenvalue weighted by Crippen LogP contribution is 2.30. The van der Waals surface area contributed by atoms with Gasteiger partial charge in [0, 0.05) is 25.7 Å². The maximum atomic E-state index is 12.2. The molecule has 0 spiro atoms. The van der Waals surface area contributed by atoms with E-state index >= 15 is 0 Å². The van der Waals surface area contributed by atoms with Gasteiger partial charge >= 0.3 is 0 Å². The van der Waals surface area contributed by atoms with Gasteiger partial charge < -0.3 is 10.2 Å². The minimum Gasteiger partial charge on any atom is -0.319 e. The van der Waals surface area contributed by atoms with E-state index in [1.54, 1.807) is 11.4 Å². The first kappa shape index (κ1) is 14.2. The molecule has 18 heavy (non-hydrogen) atoms. The van der Waals surface area contributed by atoms with Crippen LogP contribution in [0.2, 0.25) is 0 Å². The Labute approximate surface area is 111 Å². The summed E-state index contributed by atoms with van der Waals surface area (Å²) < 4.78 is 26.1. The maximum Gasteiger partial charge on any atom is 0.215 e. The Kier molecular flexibility index (Phi) is 4.64. The molecule has 6 heteroatoms. The van der Waals surface area contributed by atoms with Gasteiger partial charge in [0.15, 0.2) is 0 Å². The zero-order chi connectivity index (χ0) is 13.2. The fourth-order valence-electron chi connectivity index (χ4n) is 3.23. The van der Waals surface area contributed by atoms with Crippen LogP contribution < -0.4 is 5.32 Å². The number of rotatable bonds is 4. The highest BCUT2D eigenvalue weighted by Gasteiger charge is 2.37. The molecule has 106 valence electrons. The molecule has 2 heterocycles. The minimum absolute atomic E-state index is 0.219. The summed E-state index contributed by atoms with van der Waals surface area (Å²) in [6, 6.07) is 0.592. The van der Waals surface area contributed by atoms with Crippen LogP contribution in [0, 0.1) is 5.92 Å². The number of fused-ring (bicyclic) bond motifs is 1. The molecule has 0 bridgehead atoms. The van der Waals surface area contributed by atoms with Gasteiger partial charge in [-0.15, -0.1) is 0 Å². The lowest BCUT2D eigenvalue weighted by molar-refractivity contribution is 0.0671. The normalized spacial score (nSPS) is 31.2. The van der Waals surface area contributed by atoms with Gasteiger partial charge in [0.2, 0.25) is 10.0 Å². The van der Waals surface area contributed by atoms with Gasteiger partial charge in [0.25, 0.3) is 0 Å². The Hall–Kier alpha value is -0.170. The van der Waals surface area contributed by atoms with E-state index in [1.807, 2.05) is 0 Å². The number of hydrogen-bond acceptors (Lipinski definition) is 4. The second kappa shape index (κ2) is 5.86. The van der Waals surface area contributed by atoms with Crippen molar-refractivity contribution in [3.8, 4) is 0 Å². The van der Waals surface area contributed by atoms with Crippen molar-refractivity contribution in [3.05, 3.63) is 0 Å². The smallest absolute Gasteiger partial charge is 0.215 e. The highest BCUT2D eigenvalue weighted by molar-refractivity contribution is 7.89. The van der Waals surface area contributed by atoms with E-state index in [0.717, 1.165) is 19.5 Å². The first-order chi connectivity index (χ1) is 8.54. The summed E-state index contributed by atoms with van der Waals surface area (Å²) >= 11 is 0. The summed E-state index contributed by atoms with van der Waals surface area (Å²) in [5, 5.41) is 2.91. The van der Waals surface area contributed by atoms with Gasteiger partial charge in [-0.2, -0.15) is 0 Å². The predicted molar refractivity (Wildman–Crippen MR) is 73.0 cm³/mol. The summed E-state index contributed by atoms with van der Waals surface area (Å²) in [5.74, 6) is 0.748. The molecule has 2 fully saturated rings. The van der Waals surface area contributed by atoms with E-state index in [9.17, 15) is 8.42 Å². The summed E-state index contributed by atoms with van der Waals surface area (Å²) in [6.07, 6.45) is 3.36. The third-order valence-electron chi connectivity index (χ3n) is 4.31. The maximum absolute atomic E-state index is 12.2. The van der Waals surface area contributed by atoms with Gasteiger partial charge in [-0.25, -0.2) is 12.7 Å². The van der Waals surface area contributed by atoms with E-state index in [0.29, 0.717) is 25.0 Å². The molecule has 0 radical (unpaired) electrons. The molecule has 0 aromatic heterocycles. The zero-order valence-electron chi connectivity index (χ0n) is 11.4. The van der Waals surface area contributed by atoms with Crippen molar-refractivity contribution in [2.24, 2.45) is 5.92 Å². The van der Waals surface area contributed by atoms with Gasteiger partial charge in [-0.3, -0.25) is 0 Å². The van der Waals surface area contributed by atoms with Crippen LogP contribution >= 0.6 is 0 Å². The van der Waals surface area contributed by atoms with Crippen molar-refractivity contribution < 1.29 is 8.42 Å². The zero-order valence-corrected chi connectivity index (χ0v) is 12.2. The Bertz CT molecular complexity index is 372. The summed E-state index contributed by atoms with van der Waals surface area (Å²) in [5.41, 5.74) is 0. The second-order valence-corrected chi connectivity index (χ2v) is 7.60. The first-order valence-electron chi connectivity index (χ1n) is 6.87. The SMILES string of the molecule is CNCCS(=O)(=O)N1CCC2C(CCCN2C)C1. The molecule has 0 saturated carbocycles. The van der Waals surface area contributed by atoms with E-state index < -0.39 is 10.0 Å². The number of nitrogens with one attached hydrogen (secondary N) is 1. The molecular formula is C12H25N3O2S. The Morgan fingerprint density at radius 3 is 2.78 bits per heavy atom. The molecule has 2 aliphatic heterocycles. The van der Waals surface area contributed by atoms with Crippen LogP contribution in [-0.2, 0) is 10.0 Å². The Balaban J connectivity index is 1.98. The second-order valence-electron chi connectivity index (χ2n) is 5.52. The van der Waals surface area contributed by atoms with Gasteiger partial charge in [0.1, 0.15) is 0 Å². The number of nitrogens with zero attached hydrogens (tertiary/aromatic N) is 2. The van der Waals surface area contributed by atoms with Crippen molar-refractivity contribution in [1.29, 1.82) is 0 Å². The minimum atomic E-state index is -3.06. The van der Waals surface area contributed by atoms with Gasteiger partial charge in [-0.05, 0) is 45.8 Å². The van der Waals surface area contributed by atoms with Crippen molar-refractivity contribution in [2.75, 3.05) is 46.0 Å². The van der Waals surface area contributed by atoms with Crippen LogP contribution in [0.5, 0.6) is 0 Å². The fraction of sp³-hybridized carbons (Fsp3) is 1.00. The van der Waals surface area contributed by atoms with Crippen molar-refractivity contribution >= 4 is 10.0 Å². The van der Waals surface area contributed by atoms with Crippen molar-refractivity contribution in [1.82, 2.24) is 14.5 Å². The standard InChI is InChI=1S/C12H25N3O2S/c1-13-6-9-18(16,17)15-8-5-12-11(10-15)4-3-7-14(12)2/h11-13H,3-10H2,1-2H3. The van der Waals surface area contributed by atoms with Crippen molar-refractivity contribution in [3.63, 3.8) is 0 Å². The molecule has 2 unspecified atom stereocenters. The summed E-state index contributed by atoms with van der Waals surface area (Å²) in [7, 11) is 0.897. The molecule has 2 rings (SSSR count). The molecule has 0 aromatic rings. The van der Waals surface area contributed by atoms with Gasteiger partial charge in [0.05, 0.1) is 5.75 Å². The number of likely N-dealkylation sites (tertiary alicyclic amines) is 1. The van der Waals surface area contributed by atoms with Crippen molar-refractivity contribution in [2.45, 2.75) is 25.3 Å². The third-order valence-corrected chi connectivity index (χ3v) is 6.15. The number of hydrogen-bond donors (Lipinski definition) is 1. The van der Waals surface area contributed by atoms with Crippen LogP contribution in [-0.4, -0.2) is 69.7 Å². The van der Waals surface area contributed by atoms with Gasteiger partial charge in [-0.1, -0.05) is 0 Å². The molecule has 0 amide bonds. The van der Waals surface area contributed by atoms with E-state index in [4.69, 9.17) is 0 Å². The molecule has 2 aliphatic rings. The van der Waals surface area contributed by atoms with Crippen LogP contribution in [0.1, 0.15) is 19.3 Å². The molecular weight excluding hydrogens is 250 g/mol. The Morgan fingerprint density at radius 2 is 2.06 bits per heavy atom. The lowest BCUT2D eigenvalue weighted by atomic mass is 9.85. The fourth-order valence-corrected chi connectivity index (χ4v) is 4.75. The molecule has 1 N–H and O–H groups in total. The topological polar surface area (TPSA) is 52.7 Å². The monoisotopic (exact) mass is 275 g/mol.